The highest BCUT2D eigenvalue weighted by atomic mass is 32.2. The third-order valence-electron chi connectivity index (χ3n) is 4.39. The summed E-state index contributed by atoms with van der Waals surface area (Å²) in [6.45, 7) is 3.57. The van der Waals surface area contributed by atoms with Crippen LogP contribution in [-0.2, 0) is 10.0 Å². The van der Waals surface area contributed by atoms with Crippen molar-refractivity contribution < 1.29 is 13.4 Å². The number of hydrogen-bond donors (Lipinski definition) is 2. The molecule has 4 rings (SSSR count). The minimum absolute atomic E-state index is 0.224. The monoisotopic (exact) mass is 411 g/mol. The average molecular weight is 411 g/mol. The van der Waals surface area contributed by atoms with E-state index in [-0.39, 0.29) is 4.90 Å². The van der Waals surface area contributed by atoms with Crippen LogP contribution < -0.4 is 5.23 Å². The predicted octanol–water partition coefficient (Wildman–Crippen LogP) is 3.83. The Bertz CT molecular complexity index is 1250. The maximum Gasteiger partial charge on any atom is 0.407 e. The first kappa shape index (κ1) is 18.7. The number of hydrogen-bond acceptors (Lipinski definition) is 6. The van der Waals surface area contributed by atoms with Crippen LogP contribution in [0, 0.1) is 6.92 Å². The molecule has 0 fully saturated rings. The minimum atomic E-state index is -3.74. The lowest BCUT2D eigenvalue weighted by Crippen LogP contribution is -2.18. The van der Waals surface area contributed by atoms with E-state index in [1.807, 2.05) is 24.4 Å². The average Bonchev–Trinajstić information content (AvgIpc) is 3.28. The number of nitrogens with zero attached hydrogens (tertiary/aromatic N) is 2. The van der Waals surface area contributed by atoms with Crippen LogP contribution >= 0.6 is 11.3 Å². The van der Waals surface area contributed by atoms with Crippen LogP contribution in [0.2, 0.25) is 6.82 Å². The molecule has 0 amide bonds. The zero-order valence-corrected chi connectivity index (χ0v) is 17.0. The summed E-state index contributed by atoms with van der Waals surface area (Å²) in [6.07, 6.45) is 3.15. The lowest BCUT2D eigenvalue weighted by Gasteiger charge is -2.08. The van der Waals surface area contributed by atoms with Crippen LogP contribution in [0.1, 0.15) is 5.56 Å². The normalized spacial score (nSPS) is 11.7. The fraction of sp³-hybridized carbons (Fsp3) is 0.105. The molecule has 0 aliphatic carbocycles. The quantitative estimate of drug-likeness (QED) is 0.488. The van der Waals surface area contributed by atoms with Crippen molar-refractivity contribution in [3.8, 4) is 11.1 Å². The number of pyridine rings is 1. The van der Waals surface area contributed by atoms with Crippen LogP contribution in [0.5, 0.6) is 0 Å². The summed E-state index contributed by atoms with van der Waals surface area (Å²) in [4.78, 5) is 4.55. The van der Waals surface area contributed by atoms with Crippen molar-refractivity contribution in [3.05, 3.63) is 65.8 Å². The van der Waals surface area contributed by atoms with E-state index in [2.05, 4.69) is 10.2 Å². The molecule has 0 aliphatic heterocycles. The Morgan fingerprint density at radius 2 is 1.93 bits per heavy atom. The van der Waals surface area contributed by atoms with E-state index < -0.39 is 17.1 Å². The molecule has 6 nitrogen and oxygen atoms in total. The maximum absolute atomic E-state index is 13.1. The van der Waals surface area contributed by atoms with Gasteiger partial charge in [-0.3, -0.25) is 0 Å². The molecule has 3 aromatic heterocycles. The van der Waals surface area contributed by atoms with Crippen molar-refractivity contribution in [2.24, 2.45) is 0 Å². The number of aryl methyl sites for hydroxylation is 1. The highest BCUT2D eigenvalue weighted by Gasteiger charge is 2.21. The summed E-state index contributed by atoms with van der Waals surface area (Å²) in [5.41, 5.74) is 3.20. The summed E-state index contributed by atoms with van der Waals surface area (Å²) in [6, 6.07) is 12.3. The van der Waals surface area contributed by atoms with Gasteiger partial charge in [0.05, 0.1) is 9.90 Å². The molecule has 28 heavy (non-hydrogen) atoms. The first-order chi connectivity index (χ1) is 13.4. The topological polar surface area (TPSA) is 84.2 Å². The number of anilines is 1. The third-order valence-corrected chi connectivity index (χ3v) is 6.94. The van der Waals surface area contributed by atoms with Crippen LogP contribution in [0.3, 0.4) is 0 Å². The fourth-order valence-electron chi connectivity index (χ4n) is 3.04. The fourth-order valence-corrected chi connectivity index (χ4v) is 5.23. The Balaban J connectivity index is 1.81. The van der Waals surface area contributed by atoms with Crippen molar-refractivity contribution in [3.63, 3.8) is 0 Å². The van der Waals surface area contributed by atoms with Gasteiger partial charge in [0.2, 0.25) is 0 Å². The number of fused-ring (bicyclic) bond motifs is 1. The van der Waals surface area contributed by atoms with Gasteiger partial charge in [-0.15, -0.1) is 11.3 Å². The molecular formula is C19H18BN3O3S2. The summed E-state index contributed by atoms with van der Waals surface area (Å²) in [7, 11) is -4.39. The molecule has 0 spiro atoms. The second-order valence-electron chi connectivity index (χ2n) is 6.55. The van der Waals surface area contributed by atoms with Crippen molar-refractivity contribution in [1.29, 1.82) is 0 Å². The number of aromatic nitrogens is 2. The Kier molecular flexibility index (Phi) is 4.74. The summed E-state index contributed by atoms with van der Waals surface area (Å²) in [5, 5.41) is 16.0. The van der Waals surface area contributed by atoms with Crippen molar-refractivity contribution in [2.75, 3.05) is 5.23 Å². The molecule has 3 heterocycles. The van der Waals surface area contributed by atoms with E-state index in [0.29, 0.717) is 5.65 Å². The molecule has 9 heteroatoms. The molecule has 2 N–H and O–H groups in total. The van der Waals surface area contributed by atoms with E-state index in [4.69, 9.17) is 0 Å². The van der Waals surface area contributed by atoms with Crippen molar-refractivity contribution in [1.82, 2.24) is 8.96 Å². The van der Waals surface area contributed by atoms with Crippen LogP contribution in [0.4, 0.5) is 5.00 Å². The summed E-state index contributed by atoms with van der Waals surface area (Å²) in [5.74, 6) is 0. The first-order valence-electron chi connectivity index (χ1n) is 8.68. The van der Waals surface area contributed by atoms with Gasteiger partial charge in [-0.2, -0.15) is 0 Å². The molecular weight excluding hydrogens is 393 g/mol. The second kappa shape index (κ2) is 7.08. The Labute approximate surface area is 167 Å². The Morgan fingerprint density at radius 1 is 1.18 bits per heavy atom. The van der Waals surface area contributed by atoms with E-state index in [1.165, 1.54) is 21.5 Å². The number of thiophene rings is 1. The van der Waals surface area contributed by atoms with Gasteiger partial charge in [-0.1, -0.05) is 17.7 Å². The van der Waals surface area contributed by atoms with Crippen molar-refractivity contribution in [2.45, 2.75) is 18.6 Å². The standard InChI is InChI=1S/C19H18BN3O3S2/c1-13-3-5-15(6-4-13)28(25,26)23-10-8-17-16(7-9-21-19(17)23)14-11-18(27-12-14)22-20(2)24/h3-12,22,24H,1-2H3. The lowest BCUT2D eigenvalue weighted by molar-refractivity contribution is 0.586. The number of benzene rings is 1. The zero-order chi connectivity index (χ0) is 19.9. The SMILES string of the molecule is CB(O)Nc1cc(-c2ccnc3c2ccn3S(=O)(=O)c2ccc(C)cc2)cs1. The summed E-state index contributed by atoms with van der Waals surface area (Å²) < 4.78 is 27.4. The minimum Gasteiger partial charge on any atom is -0.433 e. The van der Waals surface area contributed by atoms with Crippen molar-refractivity contribution >= 4 is 44.4 Å². The molecule has 4 aromatic rings. The molecule has 0 radical (unpaired) electrons. The van der Waals surface area contributed by atoms with Crippen LogP contribution in [-0.4, -0.2) is 29.4 Å². The van der Waals surface area contributed by atoms with E-state index in [9.17, 15) is 13.4 Å². The van der Waals surface area contributed by atoms with Gasteiger partial charge in [0.15, 0.2) is 5.65 Å². The van der Waals surface area contributed by atoms with Gasteiger partial charge < -0.3 is 10.3 Å². The van der Waals surface area contributed by atoms with Gasteiger partial charge >= 0.3 is 7.05 Å². The largest absolute Gasteiger partial charge is 0.433 e. The zero-order valence-electron chi connectivity index (χ0n) is 15.3. The third kappa shape index (κ3) is 3.32. The lowest BCUT2D eigenvalue weighted by atomic mass is 9.89. The maximum atomic E-state index is 13.1. The highest BCUT2D eigenvalue weighted by Crippen LogP contribution is 2.34. The van der Waals surface area contributed by atoms with Gasteiger partial charge in [0.25, 0.3) is 10.0 Å². The first-order valence-corrected chi connectivity index (χ1v) is 11.0. The molecule has 1 aromatic carbocycles. The molecule has 0 unspecified atom stereocenters. The van der Waals surface area contributed by atoms with Gasteiger partial charge in [0, 0.05) is 23.2 Å². The smallest absolute Gasteiger partial charge is 0.407 e. The Hall–Kier alpha value is -2.62. The van der Waals surface area contributed by atoms with E-state index in [0.717, 1.165) is 27.1 Å². The number of nitrogens with one attached hydrogen (secondary N) is 1. The molecule has 0 aliphatic rings. The van der Waals surface area contributed by atoms with Gasteiger partial charge in [-0.05, 0) is 55.2 Å². The van der Waals surface area contributed by atoms with Gasteiger partial charge in [-0.25, -0.2) is 17.4 Å². The van der Waals surface area contributed by atoms with E-state index in [1.54, 1.807) is 43.4 Å². The van der Waals surface area contributed by atoms with Crippen LogP contribution in [0.25, 0.3) is 22.2 Å². The van der Waals surface area contributed by atoms with Gasteiger partial charge in [0.1, 0.15) is 0 Å². The molecule has 0 saturated heterocycles. The highest BCUT2D eigenvalue weighted by molar-refractivity contribution is 7.90. The number of rotatable bonds is 5. The second-order valence-corrected chi connectivity index (χ2v) is 9.27. The summed E-state index contributed by atoms with van der Waals surface area (Å²) >= 11 is 1.48. The molecule has 0 bridgehead atoms. The van der Waals surface area contributed by atoms with E-state index >= 15 is 0 Å². The molecule has 0 atom stereocenters. The molecule has 0 saturated carbocycles. The Morgan fingerprint density at radius 3 is 2.64 bits per heavy atom. The van der Waals surface area contributed by atoms with Crippen LogP contribution in [0.15, 0.2) is 65.1 Å². The predicted molar refractivity (Wildman–Crippen MR) is 114 cm³/mol. The molecule has 142 valence electrons.